The average molecular weight is 261 g/mol. The summed E-state index contributed by atoms with van der Waals surface area (Å²) in [5, 5.41) is 9.20. The molecule has 13 heavy (non-hydrogen) atoms. The minimum absolute atomic E-state index is 0. The Morgan fingerprint density at radius 3 is 2.00 bits per heavy atom. The summed E-state index contributed by atoms with van der Waals surface area (Å²) in [7, 11) is 0. The number of hydrogen-bond acceptors (Lipinski definition) is 1. The summed E-state index contributed by atoms with van der Waals surface area (Å²) in [6.07, 6.45) is 0. The Hall–Kier alpha value is -0.200. The van der Waals surface area contributed by atoms with E-state index in [1.54, 1.807) is 0 Å². The van der Waals surface area contributed by atoms with Crippen molar-refractivity contribution in [1.29, 1.82) is 5.26 Å². The number of halogens is 5. The van der Waals surface area contributed by atoms with Crippen LogP contribution in [-0.4, -0.2) is 0 Å². The number of rotatable bonds is 0. The predicted octanol–water partition coefficient (Wildman–Crippen LogP) is 4.32. The van der Waals surface area contributed by atoms with Gasteiger partial charge in [-0.15, -0.1) is 0 Å². The molecule has 0 spiro atoms. The van der Waals surface area contributed by atoms with E-state index in [1.807, 2.05) is 6.07 Å². The molecule has 1 nitrogen and oxygen atoms in total. The van der Waals surface area contributed by atoms with Crippen LogP contribution in [0.15, 0.2) is 6.07 Å². The molecular weight excluding hydrogens is 259 g/mol. The Morgan fingerprint density at radius 2 is 1.54 bits per heavy atom. The molecule has 0 aliphatic carbocycles. The van der Waals surface area contributed by atoms with E-state index in [-0.39, 0.29) is 30.4 Å². The van der Waals surface area contributed by atoms with Gasteiger partial charge >= 0.3 is 0 Å². The lowest BCUT2D eigenvalue weighted by atomic mass is 10.2. The fourth-order valence-electron chi connectivity index (χ4n) is 0.654. The molecule has 0 saturated heterocycles. The summed E-state index contributed by atoms with van der Waals surface area (Å²) >= 11 is 22.6. The summed E-state index contributed by atoms with van der Waals surface area (Å²) in [6.45, 7) is 0. The highest BCUT2D eigenvalue weighted by molar-refractivity contribution is 6.52. The van der Waals surface area contributed by atoms with E-state index >= 15 is 0 Å². The number of nitrogens with zero attached hydrogens (tertiary/aromatic N) is 1. The number of nitriles is 1. The van der Waals surface area contributed by atoms with Crippen molar-refractivity contribution in [3.8, 4) is 6.07 Å². The van der Waals surface area contributed by atoms with Gasteiger partial charge in [-0.05, 0) is 6.07 Å². The van der Waals surface area contributed by atoms with Crippen molar-refractivity contribution in [2.24, 2.45) is 0 Å². The van der Waals surface area contributed by atoms with E-state index in [1.165, 1.54) is 6.07 Å². The normalized spacial score (nSPS) is 8.85. The van der Waals surface area contributed by atoms with Crippen LogP contribution in [0.25, 0.3) is 0 Å². The van der Waals surface area contributed by atoms with E-state index in [0.29, 0.717) is 0 Å². The minimum Gasteiger partial charge on any atom is -0.269 e. The Labute approximate surface area is 94.1 Å². The SMILES string of the molecule is F.N#Cc1cc(Cl)c(Cl)c(Cl)c1Cl. The number of benzene rings is 1. The third-order valence-corrected chi connectivity index (χ3v) is 2.97. The van der Waals surface area contributed by atoms with Crippen molar-refractivity contribution >= 4 is 46.4 Å². The molecule has 0 unspecified atom stereocenters. The highest BCUT2D eigenvalue weighted by atomic mass is 35.5. The highest BCUT2D eigenvalue weighted by Crippen LogP contribution is 2.37. The van der Waals surface area contributed by atoms with Crippen LogP contribution in [0, 0.1) is 11.3 Å². The van der Waals surface area contributed by atoms with Crippen molar-refractivity contribution in [1.82, 2.24) is 0 Å². The first kappa shape index (κ1) is 12.8. The van der Waals surface area contributed by atoms with E-state index < -0.39 is 0 Å². The maximum atomic E-state index is 8.56. The monoisotopic (exact) mass is 259 g/mol. The Kier molecular flexibility index (Phi) is 4.80. The van der Waals surface area contributed by atoms with Crippen molar-refractivity contribution in [3.63, 3.8) is 0 Å². The fraction of sp³-hybridized carbons (Fsp3) is 0. The van der Waals surface area contributed by atoms with Crippen molar-refractivity contribution < 1.29 is 4.70 Å². The van der Waals surface area contributed by atoms with Crippen LogP contribution < -0.4 is 0 Å². The second-order valence-electron chi connectivity index (χ2n) is 1.96. The summed E-state index contributed by atoms with van der Waals surface area (Å²) in [4.78, 5) is 0. The first-order chi connectivity index (χ1) is 5.57. The molecule has 0 bridgehead atoms. The molecule has 0 saturated carbocycles. The standard InChI is InChI=1S/C7HCl4N.FH/c8-4-1-3(2-12)5(9)7(11)6(4)10;/h1H;1H. The fourth-order valence-corrected chi connectivity index (χ4v) is 1.50. The molecule has 1 aromatic rings. The topological polar surface area (TPSA) is 23.8 Å². The first-order valence-electron chi connectivity index (χ1n) is 2.81. The molecular formula is C7H2Cl4FN. The van der Waals surface area contributed by atoms with Crippen molar-refractivity contribution in [2.75, 3.05) is 0 Å². The van der Waals surface area contributed by atoms with Gasteiger partial charge in [0.2, 0.25) is 0 Å². The minimum atomic E-state index is 0. The molecule has 0 N–H and O–H groups in total. The van der Waals surface area contributed by atoms with Crippen LogP contribution in [-0.2, 0) is 0 Å². The molecule has 1 rings (SSSR count). The molecule has 6 heteroatoms. The second kappa shape index (κ2) is 4.88. The van der Waals surface area contributed by atoms with Gasteiger partial charge in [-0.25, -0.2) is 0 Å². The average Bonchev–Trinajstić information content (AvgIpc) is 2.08. The van der Waals surface area contributed by atoms with Gasteiger partial charge in [-0.3, -0.25) is 4.70 Å². The smallest absolute Gasteiger partial charge is 0.101 e. The van der Waals surface area contributed by atoms with Gasteiger partial charge in [0.15, 0.2) is 0 Å². The third-order valence-electron chi connectivity index (χ3n) is 1.22. The summed E-state index contributed by atoms with van der Waals surface area (Å²) < 4.78 is 0. The number of hydrogen-bond donors (Lipinski definition) is 0. The molecule has 0 heterocycles. The van der Waals surface area contributed by atoms with Gasteiger partial charge < -0.3 is 0 Å². The molecule has 0 radical (unpaired) electrons. The quantitative estimate of drug-likeness (QED) is 0.503. The van der Waals surface area contributed by atoms with Gasteiger partial charge in [0.1, 0.15) is 6.07 Å². The lowest BCUT2D eigenvalue weighted by Crippen LogP contribution is -1.81. The molecule has 0 aliphatic rings. The Bertz CT molecular complexity index is 372. The highest BCUT2D eigenvalue weighted by Gasteiger charge is 2.12. The van der Waals surface area contributed by atoms with Crippen LogP contribution >= 0.6 is 46.4 Å². The van der Waals surface area contributed by atoms with Gasteiger partial charge in [-0.1, -0.05) is 46.4 Å². The molecule has 0 aliphatic heterocycles. The lowest BCUT2D eigenvalue weighted by Gasteiger charge is -2.02. The van der Waals surface area contributed by atoms with Gasteiger partial charge in [0, 0.05) is 0 Å². The van der Waals surface area contributed by atoms with E-state index in [2.05, 4.69) is 0 Å². The summed E-state index contributed by atoms with van der Waals surface area (Å²) in [5.41, 5.74) is 0.219. The van der Waals surface area contributed by atoms with E-state index in [9.17, 15) is 0 Å². The summed E-state index contributed by atoms with van der Waals surface area (Å²) in [6, 6.07) is 3.22. The van der Waals surface area contributed by atoms with Gasteiger partial charge in [0.25, 0.3) is 0 Å². The van der Waals surface area contributed by atoms with Crippen LogP contribution in [0.5, 0.6) is 0 Å². The largest absolute Gasteiger partial charge is 0.269 e. The maximum absolute atomic E-state index is 8.56. The Morgan fingerprint density at radius 1 is 1.00 bits per heavy atom. The predicted molar refractivity (Wildman–Crippen MR) is 53.7 cm³/mol. The molecule has 70 valence electrons. The van der Waals surface area contributed by atoms with Gasteiger partial charge in [-0.2, -0.15) is 5.26 Å². The van der Waals surface area contributed by atoms with E-state index in [0.717, 1.165) is 0 Å². The second-order valence-corrected chi connectivity index (χ2v) is 3.50. The van der Waals surface area contributed by atoms with Crippen molar-refractivity contribution in [2.45, 2.75) is 0 Å². The molecule has 1 aromatic carbocycles. The molecule has 0 aromatic heterocycles. The zero-order valence-electron chi connectivity index (χ0n) is 5.94. The zero-order valence-corrected chi connectivity index (χ0v) is 8.97. The van der Waals surface area contributed by atoms with Crippen LogP contribution in [0.1, 0.15) is 5.56 Å². The Balaban J connectivity index is 0.00000144. The maximum Gasteiger partial charge on any atom is 0.101 e. The first-order valence-corrected chi connectivity index (χ1v) is 4.32. The molecule has 0 atom stereocenters. The summed E-state index contributed by atoms with van der Waals surface area (Å²) in [5.74, 6) is 0. The van der Waals surface area contributed by atoms with Crippen LogP contribution in [0.4, 0.5) is 4.70 Å². The van der Waals surface area contributed by atoms with Crippen molar-refractivity contribution in [3.05, 3.63) is 31.7 Å². The zero-order chi connectivity index (χ0) is 9.30. The lowest BCUT2D eigenvalue weighted by molar-refractivity contribution is 1.11. The van der Waals surface area contributed by atoms with Crippen LogP contribution in [0.2, 0.25) is 20.1 Å². The van der Waals surface area contributed by atoms with Crippen LogP contribution in [0.3, 0.4) is 0 Å². The van der Waals surface area contributed by atoms with Gasteiger partial charge in [0.05, 0.1) is 25.7 Å². The third kappa shape index (κ3) is 2.38. The molecule has 0 fully saturated rings. The van der Waals surface area contributed by atoms with E-state index in [4.69, 9.17) is 51.7 Å². The molecule has 0 amide bonds.